The van der Waals surface area contributed by atoms with Crippen molar-refractivity contribution in [3.63, 3.8) is 0 Å². The number of halogens is 1. The molecule has 2 heterocycles. The number of hydrogen-bond acceptors (Lipinski definition) is 7. The van der Waals surface area contributed by atoms with E-state index in [1.807, 2.05) is 83.9 Å². The zero-order valence-electron chi connectivity index (χ0n) is 20.2. The third kappa shape index (κ3) is 4.57. The number of benzene rings is 3. The second kappa shape index (κ2) is 10.3. The number of rotatable bonds is 7. The lowest BCUT2D eigenvalue weighted by molar-refractivity contribution is 0.323. The number of aromatic nitrogens is 2. The highest BCUT2D eigenvalue weighted by molar-refractivity contribution is 6.30. The monoisotopic (exact) mass is 500 g/mol. The van der Waals surface area contributed by atoms with Gasteiger partial charge in [0.2, 0.25) is 5.75 Å². The van der Waals surface area contributed by atoms with Gasteiger partial charge >= 0.3 is 0 Å². The molecule has 0 saturated carbocycles. The first-order valence-electron chi connectivity index (χ1n) is 11.4. The Bertz CT molecular complexity index is 1350. The summed E-state index contributed by atoms with van der Waals surface area (Å²) in [7, 11) is 4.81. The van der Waals surface area contributed by atoms with Crippen LogP contribution in [0.3, 0.4) is 0 Å². The van der Waals surface area contributed by atoms with E-state index in [4.69, 9.17) is 30.9 Å². The van der Waals surface area contributed by atoms with E-state index in [1.54, 1.807) is 21.3 Å². The smallest absolute Gasteiger partial charge is 0.203 e. The fourth-order valence-corrected chi connectivity index (χ4v) is 4.43. The van der Waals surface area contributed by atoms with E-state index in [9.17, 15) is 0 Å². The van der Waals surface area contributed by atoms with Gasteiger partial charge in [0.25, 0.3) is 0 Å². The summed E-state index contributed by atoms with van der Waals surface area (Å²) in [5.74, 6) is 2.34. The molecule has 0 saturated heterocycles. The molecule has 5 rings (SSSR count). The minimum Gasteiger partial charge on any atom is -0.493 e. The first-order chi connectivity index (χ1) is 17.6. The van der Waals surface area contributed by atoms with Crippen LogP contribution in [0.1, 0.15) is 23.6 Å². The summed E-state index contributed by atoms with van der Waals surface area (Å²) in [5.41, 5.74) is 4.66. The van der Waals surface area contributed by atoms with Crippen LogP contribution < -0.4 is 19.2 Å². The second-order valence-corrected chi connectivity index (χ2v) is 8.66. The molecule has 1 aromatic heterocycles. The highest BCUT2D eigenvalue weighted by Gasteiger charge is 2.32. The predicted octanol–water partition coefficient (Wildman–Crippen LogP) is 6.18. The molecule has 1 aliphatic heterocycles. The highest BCUT2D eigenvalue weighted by atomic mass is 35.5. The summed E-state index contributed by atoms with van der Waals surface area (Å²) in [4.78, 5) is 0. The number of ether oxygens (including phenoxy) is 3. The van der Waals surface area contributed by atoms with Crippen LogP contribution in [-0.2, 0) is 0 Å². The molecule has 8 heteroatoms. The zero-order valence-corrected chi connectivity index (χ0v) is 20.9. The van der Waals surface area contributed by atoms with Crippen molar-refractivity contribution in [1.29, 1.82) is 0 Å². The standard InChI is InChI=1S/C28H25ClN4O3/c1-34-25-15-20(16-26(35-2)28(25)36-3)24-17-23(19-9-11-21(29)12-10-19)32-33(24)27-14-13-22(30-31-27)18-7-5-4-6-8-18/h4-16,24H,17H2,1-3H3. The Kier molecular flexibility index (Phi) is 6.73. The van der Waals surface area contributed by atoms with E-state index >= 15 is 0 Å². The third-order valence-corrected chi connectivity index (χ3v) is 6.37. The molecule has 1 atom stereocenters. The summed E-state index contributed by atoms with van der Waals surface area (Å²) < 4.78 is 16.7. The topological polar surface area (TPSA) is 69.1 Å². The van der Waals surface area contributed by atoms with Crippen LogP contribution in [0.25, 0.3) is 11.3 Å². The van der Waals surface area contributed by atoms with Crippen LogP contribution in [0.5, 0.6) is 17.2 Å². The molecule has 0 bridgehead atoms. The Morgan fingerprint density at radius 3 is 2.06 bits per heavy atom. The Hall–Kier alpha value is -4.10. The van der Waals surface area contributed by atoms with Crippen LogP contribution >= 0.6 is 11.6 Å². The molecule has 0 fully saturated rings. The summed E-state index contributed by atoms with van der Waals surface area (Å²) in [6, 6.07) is 25.3. The molecule has 182 valence electrons. The van der Waals surface area contributed by atoms with Crippen LogP contribution in [0.2, 0.25) is 5.02 Å². The van der Waals surface area contributed by atoms with Gasteiger partial charge < -0.3 is 14.2 Å². The predicted molar refractivity (Wildman–Crippen MR) is 141 cm³/mol. The Labute approximate surface area is 214 Å². The van der Waals surface area contributed by atoms with Crippen molar-refractivity contribution in [3.05, 3.63) is 95.0 Å². The molecule has 3 aromatic carbocycles. The molecule has 36 heavy (non-hydrogen) atoms. The van der Waals surface area contributed by atoms with Crippen LogP contribution in [-0.4, -0.2) is 37.2 Å². The summed E-state index contributed by atoms with van der Waals surface area (Å²) in [6.45, 7) is 0. The van der Waals surface area contributed by atoms with Crippen molar-refractivity contribution in [2.75, 3.05) is 26.3 Å². The van der Waals surface area contributed by atoms with Gasteiger partial charge in [-0.3, -0.25) is 0 Å². The third-order valence-electron chi connectivity index (χ3n) is 6.11. The van der Waals surface area contributed by atoms with E-state index in [0.717, 1.165) is 28.1 Å². The lowest BCUT2D eigenvalue weighted by Crippen LogP contribution is -2.20. The number of hydrogen-bond donors (Lipinski definition) is 0. The molecular formula is C28H25ClN4O3. The van der Waals surface area contributed by atoms with Crippen molar-refractivity contribution in [2.24, 2.45) is 5.10 Å². The van der Waals surface area contributed by atoms with Gasteiger partial charge in [-0.1, -0.05) is 54.1 Å². The number of hydrazone groups is 1. The molecule has 1 aliphatic rings. The van der Waals surface area contributed by atoms with Crippen molar-refractivity contribution >= 4 is 23.1 Å². The van der Waals surface area contributed by atoms with Gasteiger partial charge in [0.05, 0.1) is 38.8 Å². The molecule has 1 unspecified atom stereocenters. The summed E-state index contributed by atoms with van der Waals surface area (Å²) in [6.07, 6.45) is 0.641. The summed E-state index contributed by atoms with van der Waals surface area (Å²) >= 11 is 6.12. The second-order valence-electron chi connectivity index (χ2n) is 8.22. The van der Waals surface area contributed by atoms with Crippen molar-refractivity contribution in [1.82, 2.24) is 10.2 Å². The number of nitrogens with zero attached hydrogens (tertiary/aromatic N) is 4. The highest BCUT2D eigenvalue weighted by Crippen LogP contribution is 2.44. The lowest BCUT2D eigenvalue weighted by Gasteiger charge is -2.24. The minimum atomic E-state index is -0.166. The molecule has 7 nitrogen and oxygen atoms in total. The zero-order chi connectivity index (χ0) is 25.1. The average molecular weight is 501 g/mol. The molecule has 0 radical (unpaired) electrons. The van der Waals surface area contributed by atoms with Crippen LogP contribution in [0.15, 0.2) is 84.0 Å². The quantitative estimate of drug-likeness (QED) is 0.302. The molecule has 0 aliphatic carbocycles. The fraction of sp³-hybridized carbons (Fsp3) is 0.179. The van der Waals surface area contributed by atoms with E-state index in [0.29, 0.717) is 34.5 Å². The Morgan fingerprint density at radius 2 is 1.47 bits per heavy atom. The lowest BCUT2D eigenvalue weighted by atomic mass is 9.97. The van der Waals surface area contributed by atoms with Gasteiger partial charge in [-0.15, -0.1) is 10.2 Å². The van der Waals surface area contributed by atoms with Crippen LogP contribution in [0, 0.1) is 0 Å². The van der Waals surface area contributed by atoms with Gasteiger partial charge in [0, 0.05) is 17.0 Å². The van der Waals surface area contributed by atoms with Gasteiger partial charge in [0.1, 0.15) is 0 Å². The van der Waals surface area contributed by atoms with Crippen LogP contribution in [0.4, 0.5) is 5.82 Å². The first-order valence-corrected chi connectivity index (χ1v) is 11.8. The van der Waals surface area contributed by atoms with Gasteiger partial charge in [-0.2, -0.15) is 5.10 Å². The fourth-order valence-electron chi connectivity index (χ4n) is 4.30. The maximum absolute atomic E-state index is 6.12. The van der Waals surface area contributed by atoms with Crippen molar-refractivity contribution in [3.8, 4) is 28.5 Å². The molecule has 0 amide bonds. The van der Waals surface area contributed by atoms with E-state index in [-0.39, 0.29) is 6.04 Å². The number of methoxy groups -OCH3 is 3. The molecule has 4 aromatic rings. The molecular weight excluding hydrogens is 476 g/mol. The largest absolute Gasteiger partial charge is 0.493 e. The first kappa shape index (κ1) is 23.6. The minimum absolute atomic E-state index is 0.166. The van der Waals surface area contributed by atoms with Crippen molar-refractivity contribution < 1.29 is 14.2 Å². The summed E-state index contributed by atoms with van der Waals surface area (Å²) in [5, 5.41) is 16.5. The SMILES string of the molecule is COc1cc(C2CC(c3ccc(Cl)cc3)=NN2c2ccc(-c3ccccc3)nn2)cc(OC)c1OC. The van der Waals surface area contributed by atoms with Gasteiger partial charge in [-0.25, -0.2) is 5.01 Å². The van der Waals surface area contributed by atoms with E-state index in [2.05, 4.69) is 10.2 Å². The Morgan fingerprint density at radius 1 is 0.778 bits per heavy atom. The molecule has 0 N–H and O–H groups in total. The maximum atomic E-state index is 6.12. The van der Waals surface area contributed by atoms with E-state index in [1.165, 1.54) is 0 Å². The average Bonchev–Trinajstić information content (AvgIpc) is 3.38. The number of anilines is 1. The van der Waals surface area contributed by atoms with Crippen molar-refractivity contribution in [2.45, 2.75) is 12.5 Å². The normalized spacial score (nSPS) is 14.9. The van der Waals surface area contributed by atoms with E-state index < -0.39 is 0 Å². The van der Waals surface area contributed by atoms with Gasteiger partial charge in [-0.05, 0) is 47.5 Å². The Balaban J connectivity index is 1.57. The maximum Gasteiger partial charge on any atom is 0.203 e. The van der Waals surface area contributed by atoms with Gasteiger partial charge in [0.15, 0.2) is 17.3 Å². The molecule has 0 spiro atoms.